The van der Waals surface area contributed by atoms with Crippen molar-refractivity contribution in [2.45, 2.75) is 44.8 Å². The summed E-state index contributed by atoms with van der Waals surface area (Å²) in [6.07, 6.45) is 3.04. The van der Waals surface area contributed by atoms with E-state index in [1.54, 1.807) is 4.90 Å². The Labute approximate surface area is 112 Å². The molecule has 19 heavy (non-hydrogen) atoms. The van der Waals surface area contributed by atoms with Crippen LogP contribution in [0.5, 0.6) is 0 Å². The van der Waals surface area contributed by atoms with Crippen molar-refractivity contribution in [1.82, 2.24) is 10.2 Å². The Morgan fingerprint density at radius 1 is 1.21 bits per heavy atom. The molecule has 2 rings (SSSR count). The third kappa shape index (κ3) is 3.18. The van der Waals surface area contributed by atoms with Gasteiger partial charge in [0.1, 0.15) is 0 Å². The summed E-state index contributed by atoms with van der Waals surface area (Å²) in [6, 6.07) is -0.443. The molecule has 6 heteroatoms. The Hall–Kier alpha value is -1.30. The van der Waals surface area contributed by atoms with E-state index in [-0.39, 0.29) is 24.5 Å². The van der Waals surface area contributed by atoms with E-state index in [4.69, 9.17) is 5.11 Å². The summed E-state index contributed by atoms with van der Waals surface area (Å²) in [4.78, 5) is 24.7. The number of urea groups is 1. The van der Waals surface area contributed by atoms with Crippen LogP contribution in [0.3, 0.4) is 0 Å². The smallest absolute Gasteiger partial charge is 0.317 e. The Balaban J connectivity index is 1.88. The number of carboxylic acids is 1. The lowest BCUT2D eigenvalue weighted by Gasteiger charge is -2.30. The molecular formula is C13H22N2O4. The monoisotopic (exact) mass is 270 g/mol. The molecule has 6 nitrogen and oxygen atoms in total. The molecule has 0 radical (unpaired) electrons. The van der Waals surface area contributed by atoms with E-state index >= 15 is 0 Å². The summed E-state index contributed by atoms with van der Waals surface area (Å²) < 4.78 is 0. The van der Waals surface area contributed by atoms with Crippen LogP contribution in [0.25, 0.3) is 0 Å². The normalized spacial score (nSPS) is 35.2. The topological polar surface area (TPSA) is 89.9 Å². The first-order valence-electron chi connectivity index (χ1n) is 6.95. The number of rotatable bonds is 2. The molecule has 0 aromatic rings. The molecular weight excluding hydrogens is 248 g/mol. The second-order valence-corrected chi connectivity index (χ2v) is 5.73. The predicted molar refractivity (Wildman–Crippen MR) is 68.7 cm³/mol. The van der Waals surface area contributed by atoms with Gasteiger partial charge in [-0.05, 0) is 18.8 Å². The van der Waals surface area contributed by atoms with E-state index in [0.29, 0.717) is 6.54 Å². The van der Waals surface area contributed by atoms with E-state index in [9.17, 15) is 14.7 Å². The van der Waals surface area contributed by atoms with Crippen molar-refractivity contribution in [1.29, 1.82) is 0 Å². The second-order valence-electron chi connectivity index (χ2n) is 5.73. The van der Waals surface area contributed by atoms with Gasteiger partial charge in [-0.3, -0.25) is 4.79 Å². The van der Waals surface area contributed by atoms with Gasteiger partial charge in [-0.25, -0.2) is 4.79 Å². The van der Waals surface area contributed by atoms with Crippen molar-refractivity contribution in [3.63, 3.8) is 0 Å². The number of carbonyl (C=O) groups excluding carboxylic acids is 1. The summed E-state index contributed by atoms with van der Waals surface area (Å²) in [5.74, 6) is -1.36. The maximum Gasteiger partial charge on any atom is 0.317 e. The highest BCUT2D eigenvalue weighted by atomic mass is 16.4. The average molecular weight is 270 g/mol. The molecule has 1 heterocycles. The number of nitrogens with one attached hydrogen (secondary N) is 1. The molecule has 0 spiro atoms. The molecule has 1 aliphatic carbocycles. The van der Waals surface area contributed by atoms with E-state index in [1.165, 1.54) is 0 Å². The van der Waals surface area contributed by atoms with E-state index in [1.807, 2.05) is 6.92 Å². The fourth-order valence-corrected chi connectivity index (χ4v) is 2.98. The molecule has 1 saturated carbocycles. The number of hydrogen-bond acceptors (Lipinski definition) is 3. The van der Waals surface area contributed by atoms with Crippen molar-refractivity contribution >= 4 is 12.0 Å². The summed E-state index contributed by atoms with van der Waals surface area (Å²) in [7, 11) is 0. The molecule has 4 atom stereocenters. The average Bonchev–Trinajstić information content (AvgIpc) is 2.74. The van der Waals surface area contributed by atoms with Crippen LogP contribution in [0, 0.1) is 11.8 Å². The minimum atomic E-state index is -0.847. The van der Waals surface area contributed by atoms with Crippen molar-refractivity contribution < 1.29 is 19.8 Å². The summed E-state index contributed by atoms with van der Waals surface area (Å²) in [5, 5.41) is 21.7. The fourth-order valence-electron chi connectivity index (χ4n) is 2.98. The zero-order valence-electron chi connectivity index (χ0n) is 11.2. The third-order valence-electron chi connectivity index (χ3n) is 4.26. The standard InChI is InChI=1S/C13H22N2O4/c1-8-6-15(7-9(8)12(17)18)13(19)14-10-4-2-3-5-11(10)16/h8-11,16H,2-7H2,1H3,(H,14,19)(H,17,18). The van der Waals surface area contributed by atoms with Crippen LogP contribution in [0.4, 0.5) is 4.79 Å². The molecule has 2 aliphatic rings. The van der Waals surface area contributed by atoms with Crippen LogP contribution in [0.15, 0.2) is 0 Å². The molecule has 2 amide bonds. The largest absolute Gasteiger partial charge is 0.481 e. The van der Waals surface area contributed by atoms with Crippen LogP contribution >= 0.6 is 0 Å². The van der Waals surface area contributed by atoms with Gasteiger partial charge >= 0.3 is 12.0 Å². The maximum atomic E-state index is 12.1. The highest BCUT2D eigenvalue weighted by molar-refractivity contribution is 5.77. The quantitative estimate of drug-likeness (QED) is 0.687. The first-order valence-corrected chi connectivity index (χ1v) is 6.95. The Morgan fingerprint density at radius 2 is 1.89 bits per heavy atom. The first kappa shape index (κ1) is 14.1. The molecule has 1 saturated heterocycles. The van der Waals surface area contributed by atoms with Crippen molar-refractivity contribution in [3.05, 3.63) is 0 Å². The SMILES string of the molecule is CC1CN(C(=O)NC2CCCCC2O)CC1C(=O)O. The van der Waals surface area contributed by atoms with Gasteiger partial charge in [0.25, 0.3) is 0 Å². The van der Waals surface area contributed by atoms with Crippen LogP contribution < -0.4 is 5.32 Å². The molecule has 0 bridgehead atoms. The number of nitrogens with zero attached hydrogens (tertiary/aromatic N) is 1. The lowest BCUT2D eigenvalue weighted by molar-refractivity contribution is -0.142. The molecule has 0 aromatic heterocycles. The van der Waals surface area contributed by atoms with Gasteiger partial charge in [-0.2, -0.15) is 0 Å². The number of hydrogen-bond donors (Lipinski definition) is 3. The van der Waals surface area contributed by atoms with E-state index < -0.39 is 18.0 Å². The predicted octanol–water partition coefficient (Wildman–Crippen LogP) is 0.652. The van der Waals surface area contributed by atoms with Gasteiger partial charge in [0, 0.05) is 13.1 Å². The highest BCUT2D eigenvalue weighted by Crippen LogP contribution is 2.24. The van der Waals surface area contributed by atoms with Crippen molar-refractivity contribution in [3.8, 4) is 0 Å². The third-order valence-corrected chi connectivity index (χ3v) is 4.26. The number of aliphatic hydroxyl groups is 1. The molecule has 0 aromatic carbocycles. The lowest BCUT2D eigenvalue weighted by atomic mass is 9.93. The van der Waals surface area contributed by atoms with Gasteiger partial charge in [0.15, 0.2) is 0 Å². The molecule has 108 valence electrons. The Morgan fingerprint density at radius 3 is 2.47 bits per heavy atom. The number of likely N-dealkylation sites (tertiary alicyclic amines) is 1. The van der Waals surface area contributed by atoms with Crippen LogP contribution in [0.1, 0.15) is 32.6 Å². The lowest BCUT2D eigenvalue weighted by Crippen LogP contribution is -2.50. The zero-order valence-corrected chi connectivity index (χ0v) is 11.2. The summed E-state index contributed by atoms with van der Waals surface area (Å²) in [5.41, 5.74) is 0. The minimum Gasteiger partial charge on any atom is -0.481 e. The van der Waals surface area contributed by atoms with E-state index in [0.717, 1.165) is 25.7 Å². The maximum absolute atomic E-state index is 12.1. The minimum absolute atomic E-state index is 0.0282. The number of aliphatic hydroxyl groups excluding tert-OH is 1. The fraction of sp³-hybridized carbons (Fsp3) is 0.846. The van der Waals surface area contributed by atoms with Crippen molar-refractivity contribution in [2.24, 2.45) is 11.8 Å². The number of amides is 2. The molecule has 1 aliphatic heterocycles. The molecule has 3 N–H and O–H groups in total. The Bertz CT molecular complexity index is 361. The van der Waals surface area contributed by atoms with Gasteiger partial charge in [-0.1, -0.05) is 19.8 Å². The Kier molecular flexibility index (Phi) is 4.29. The second kappa shape index (κ2) is 5.77. The van der Waals surface area contributed by atoms with Gasteiger partial charge in [0.05, 0.1) is 18.1 Å². The highest BCUT2D eigenvalue weighted by Gasteiger charge is 2.38. The van der Waals surface area contributed by atoms with Gasteiger partial charge < -0.3 is 20.4 Å². The van der Waals surface area contributed by atoms with Gasteiger partial charge in [-0.15, -0.1) is 0 Å². The molecule has 2 fully saturated rings. The van der Waals surface area contributed by atoms with Gasteiger partial charge in [0.2, 0.25) is 0 Å². The number of carbonyl (C=O) groups is 2. The first-order chi connectivity index (χ1) is 8.99. The van der Waals surface area contributed by atoms with Crippen molar-refractivity contribution in [2.75, 3.05) is 13.1 Å². The summed E-state index contributed by atoms with van der Waals surface area (Å²) in [6.45, 7) is 2.57. The van der Waals surface area contributed by atoms with Crippen LogP contribution in [0.2, 0.25) is 0 Å². The molecule has 4 unspecified atom stereocenters. The number of carboxylic acid groups (broad SMARTS) is 1. The van der Waals surface area contributed by atoms with E-state index in [2.05, 4.69) is 5.32 Å². The van der Waals surface area contributed by atoms with Crippen LogP contribution in [-0.4, -0.2) is 52.3 Å². The van der Waals surface area contributed by atoms with Crippen LogP contribution in [-0.2, 0) is 4.79 Å². The summed E-state index contributed by atoms with van der Waals surface area (Å²) >= 11 is 0. The zero-order chi connectivity index (χ0) is 14.0. The number of aliphatic carboxylic acids is 1.